The van der Waals surface area contributed by atoms with E-state index in [4.69, 9.17) is 9.47 Å². The number of halogens is 2. The number of anilines is 1. The van der Waals surface area contributed by atoms with Crippen LogP contribution in [0.3, 0.4) is 0 Å². The van der Waals surface area contributed by atoms with Crippen LogP contribution >= 0.6 is 11.3 Å². The van der Waals surface area contributed by atoms with E-state index in [1.54, 1.807) is 22.1 Å². The van der Waals surface area contributed by atoms with Gasteiger partial charge in [0.25, 0.3) is 0 Å². The Labute approximate surface area is 189 Å². The first kappa shape index (κ1) is 21.3. The van der Waals surface area contributed by atoms with Crippen molar-refractivity contribution in [3.05, 3.63) is 46.6 Å². The molecular weight excluding hydrogens is 436 g/mol. The normalized spacial score (nSPS) is 20.8. The predicted octanol–water partition coefficient (Wildman–Crippen LogP) is 3.88. The summed E-state index contributed by atoms with van der Waals surface area (Å²) in [4.78, 5) is 10.0. The number of rotatable bonds is 5. The smallest absolute Gasteiger partial charge is 0.200 e. The van der Waals surface area contributed by atoms with E-state index in [9.17, 15) is 8.78 Å². The number of fused-ring (bicyclic) bond motifs is 3. The van der Waals surface area contributed by atoms with Crippen LogP contribution in [0.2, 0.25) is 0 Å². The molecule has 10 heteroatoms. The topological polar surface area (TPSA) is 55.7 Å². The number of hydrogen-bond donors (Lipinski definition) is 0. The Bertz CT molecular complexity index is 1120. The molecule has 2 aromatic heterocycles. The van der Waals surface area contributed by atoms with Crippen LogP contribution in [0.25, 0.3) is 11.4 Å². The van der Waals surface area contributed by atoms with Gasteiger partial charge in [-0.15, -0.1) is 11.3 Å². The number of morpholine rings is 1. The average molecular weight is 462 g/mol. The molecule has 0 N–H and O–H groups in total. The predicted molar refractivity (Wildman–Crippen MR) is 118 cm³/mol. The first-order chi connectivity index (χ1) is 15.4. The molecule has 7 nitrogen and oxygen atoms in total. The van der Waals surface area contributed by atoms with E-state index in [2.05, 4.69) is 34.9 Å². The summed E-state index contributed by atoms with van der Waals surface area (Å²) in [5, 5.41) is 5.30. The fourth-order valence-electron chi connectivity index (χ4n) is 4.52. The zero-order valence-electron chi connectivity index (χ0n) is 18.2. The van der Waals surface area contributed by atoms with Crippen LogP contribution in [0.5, 0.6) is 5.75 Å². The van der Waals surface area contributed by atoms with Crippen molar-refractivity contribution in [3.63, 3.8) is 0 Å². The maximum atomic E-state index is 14.7. The Hall–Kier alpha value is -2.56. The van der Waals surface area contributed by atoms with Gasteiger partial charge in [0.15, 0.2) is 17.4 Å². The number of ether oxygens (including phenoxy) is 2. The molecule has 1 fully saturated rings. The van der Waals surface area contributed by atoms with Crippen LogP contribution in [-0.4, -0.2) is 52.1 Å². The lowest BCUT2D eigenvalue weighted by Crippen LogP contribution is -2.44. The Kier molecular flexibility index (Phi) is 5.60. The number of hydrogen-bond acceptors (Lipinski definition) is 7. The highest BCUT2D eigenvalue weighted by Crippen LogP contribution is 2.43. The van der Waals surface area contributed by atoms with E-state index in [0.717, 1.165) is 36.0 Å². The molecule has 0 radical (unpaired) electrons. The second-order valence-electron chi connectivity index (χ2n) is 8.36. The van der Waals surface area contributed by atoms with Crippen molar-refractivity contribution < 1.29 is 18.3 Å². The molecule has 1 aromatic carbocycles. The summed E-state index contributed by atoms with van der Waals surface area (Å²) < 4.78 is 41.5. The first-order valence-electron chi connectivity index (χ1n) is 10.6. The quantitative estimate of drug-likeness (QED) is 0.575. The van der Waals surface area contributed by atoms with Crippen LogP contribution < -0.4 is 9.64 Å². The largest absolute Gasteiger partial charge is 0.494 e. The monoisotopic (exact) mass is 461 g/mol. The number of thiophene rings is 1. The van der Waals surface area contributed by atoms with Crippen molar-refractivity contribution in [1.29, 1.82) is 0 Å². The van der Waals surface area contributed by atoms with Gasteiger partial charge in [-0.1, -0.05) is 6.07 Å². The highest BCUT2D eigenvalue weighted by atomic mass is 32.1. The van der Waals surface area contributed by atoms with Crippen LogP contribution in [-0.2, 0) is 24.5 Å². The molecule has 2 aliphatic rings. The molecule has 0 saturated carbocycles. The van der Waals surface area contributed by atoms with Crippen molar-refractivity contribution >= 4 is 16.3 Å². The lowest BCUT2D eigenvalue weighted by molar-refractivity contribution is -0.0702. The second kappa shape index (κ2) is 8.42. The third-order valence-corrected chi connectivity index (χ3v) is 6.98. The van der Waals surface area contributed by atoms with E-state index in [0.29, 0.717) is 6.67 Å². The second-order valence-corrected chi connectivity index (χ2v) is 9.48. The fraction of sp³-hybridized carbons (Fsp3) is 0.455. The van der Waals surface area contributed by atoms with E-state index < -0.39 is 11.6 Å². The SMILES string of the molecule is COc1ccc(CN2Cn3ncnc3-c3cc(CN4C[C@@H](C)O[C@@H](C)C4)sc32)c(F)c1F. The summed E-state index contributed by atoms with van der Waals surface area (Å²) in [6.07, 6.45) is 1.92. The zero-order chi connectivity index (χ0) is 22.4. The van der Waals surface area contributed by atoms with Crippen molar-refractivity contribution in [2.24, 2.45) is 0 Å². The molecule has 2 aliphatic heterocycles. The summed E-state index contributed by atoms with van der Waals surface area (Å²) in [7, 11) is 1.32. The molecule has 0 unspecified atom stereocenters. The molecule has 1 saturated heterocycles. The molecule has 4 heterocycles. The first-order valence-corrected chi connectivity index (χ1v) is 11.4. The zero-order valence-corrected chi connectivity index (χ0v) is 19.0. The average Bonchev–Trinajstić information content (AvgIpc) is 3.37. The highest BCUT2D eigenvalue weighted by Gasteiger charge is 2.29. The summed E-state index contributed by atoms with van der Waals surface area (Å²) in [5.74, 6) is -1.16. The Morgan fingerprint density at radius 3 is 2.69 bits per heavy atom. The minimum atomic E-state index is -0.967. The summed E-state index contributed by atoms with van der Waals surface area (Å²) in [6.45, 7) is 7.38. The van der Waals surface area contributed by atoms with E-state index in [1.807, 2.05) is 4.90 Å². The maximum Gasteiger partial charge on any atom is 0.200 e. The molecule has 3 aromatic rings. The van der Waals surface area contributed by atoms with E-state index in [-0.39, 0.29) is 30.1 Å². The summed E-state index contributed by atoms with van der Waals surface area (Å²) >= 11 is 1.66. The van der Waals surface area contributed by atoms with Gasteiger partial charge in [0.2, 0.25) is 5.82 Å². The molecule has 0 bridgehead atoms. The van der Waals surface area contributed by atoms with Gasteiger partial charge in [0.1, 0.15) is 18.0 Å². The van der Waals surface area contributed by atoms with Crippen LogP contribution in [0.4, 0.5) is 13.8 Å². The maximum absolute atomic E-state index is 14.7. The molecule has 32 heavy (non-hydrogen) atoms. The Balaban J connectivity index is 1.44. The minimum Gasteiger partial charge on any atom is -0.494 e. The lowest BCUT2D eigenvalue weighted by atomic mass is 10.1. The van der Waals surface area contributed by atoms with Crippen LogP contribution in [0.15, 0.2) is 24.5 Å². The Morgan fingerprint density at radius 1 is 1.16 bits per heavy atom. The van der Waals surface area contributed by atoms with Gasteiger partial charge in [-0.2, -0.15) is 9.49 Å². The number of aromatic nitrogens is 3. The van der Waals surface area contributed by atoms with Crippen molar-refractivity contribution in [2.45, 2.75) is 45.8 Å². The third-order valence-electron chi connectivity index (χ3n) is 5.79. The summed E-state index contributed by atoms with van der Waals surface area (Å²) in [6, 6.07) is 5.17. The van der Waals surface area contributed by atoms with Gasteiger partial charge in [-0.05, 0) is 26.0 Å². The minimum absolute atomic E-state index is 0.100. The van der Waals surface area contributed by atoms with Gasteiger partial charge in [-0.3, -0.25) is 4.90 Å². The van der Waals surface area contributed by atoms with Gasteiger partial charge in [0, 0.05) is 36.6 Å². The van der Waals surface area contributed by atoms with Crippen molar-refractivity contribution in [3.8, 4) is 17.1 Å². The number of benzene rings is 1. The molecule has 5 rings (SSSR count). The standard InChI is InChI=1S/C22H25F2N5O2S/c1-13-7-27(8-14(2)31-13)10-16-6-17-21-25-11-26-29(21)12-28(22(17)32-16)9-15-4-5-18(30-3)20(24)19(15)23/h4-6,11,13-14H,7-10,12H2,1-3H3/t13-,14+. The summed E-state index contributed by atoms with van der Waals surface area (Å²) in [5.41, 5.74) is 1.24. The van der Waals surface area contributed by atoms with Crippen LogP contribution in [0.1, 0.15) is 24.3 Å². The molecule has 0 amide bonds. The molecule has 0 aliphatic carbocycles. The number of nitrogens with zero attached hydrogens (tertiary/aromatic N) is 5. The lowest BCUT2D eigenvalue weighted by Gasteiger charge is -2.35. The molecule has 170 valence electrons. The van der Waals surface area contributed by atoms with Gasteiger partial charge in [0.05, 0.1) is 24.9 Å². The van der Waals surface area contributed by atoms with Gasteiger partial charge in [-0.25, -0.2) is 14.1 Å². The van der Waals surface area contributed by atoms with Crippen LogP contribution in [0, 0.1) is 11.6 Å². The number of methoxy groups -OCH3 is 1. The van der Waals surface area contributed by atoms with E-state index in [1.165, 1.54) is 24.4 Å². The van der Waals surface area contributed by atoms with Crippen molar-refractivity contribution in [1.82, 2.24) is 19.7 Å². The fourth-order valence-corrected chi connectivity index (χ4v) is 5.70. The van der Waals surface area contributed by atoms with Crippen molar-refractivity contribution in [2.75, 3.05) is 25.1 Å². The molecule has 2 atom stereocenters. The third kappa shape index (κ3) is 3.87. The van der Waals surface area contributed by atoms with E-state index >= 15 is 0 Å². The van der Waals surface area contributed by atoms with Gasteiger partial charge < -0.3 is 14.4 Å². The molecule has 0 spiro atoms. The Morgan fingerprint density at radius 2 is 1.94 bits per heavy atom. The molecular formula is C22H25F2N5O2S. The van der Waals surface area contributed by atoms with Gasteiger partial charge >= 0.3 is 0 Å². The highest BCUT2D eigenvalue weighted by molar-refractivity contribution is 7.16.